The number of ether oxygens (including phenoxy) is 1. The van der Waals surface area contributed by atoms with Gasteiger partial charge in [0, 0.05) is 33.0 Å². The molecule has 0 saturated heterocycles. The van der Waals surface area contributed by atoms with Crippen LogP contribution in [0.1, 0.15) is 6.42 Å². The number of methoxy groups -OCH3 is 1. The van der Waals surface area contributed by atoms with Crippen LogP contribution in [0, 0.1) is 11.3 Å². The van der Waals surface area contributed by atoms with E-state index in [4.69, 9.17) is 15.1 Å². The summed E-state index contributed by atoms with van der Waals surface area (Å²) in [7, 11) is 1.53. The molecule has 0 aliphatic rings. The van der Waals surface area contributed by atoms with Gasteiger partial charge in [0.05, 0.1) is 6.61 Å². The number of hydrogen-bond donors (Lipinski definition) is 3. The molecular weight excluding hydrogens is 210 g/mol. The Morgan fingerprint density at radius 1 is 1.56 bits per heavy atom. The first-order chi connectivity index (χ1) is 7.76. The maximum Gasteiger partial charge on any atom is 0.263 e. The van der Waals surface area contributed by atoms with E-state index >= 15 is 0 Å². The second kappa shape index (κ2) is 9.96. The van der Waals surface area contributed by atoms with Crippen molar-refractivity contribution < 1.29 is 14.6 Å². The van der Waals surface area contributed by atoms with Crippen molar-refractivity contribution in [3.05, 3.63) is 11.8 Å². The van der Waals surface area contributed by atoms with Crippen LogP contribution in [0.5, 0.6) is 0 Å². The minimum Gasteiger partial charge on any atom is -0.396 e. The summed E-state index contributed by atoms with van der Waals surface area (Å²) in [6.45, 7) is 1.36. The second-order valence-corrected chi connectivity index (χ2v) is 2.95. The maximum absolute atomic E-state index is 11.4. The van der Waals surface area contributed by atoms with E-state index in [1.54, 1.807) is 6.07 Å². The quantitative estimate of drug-likeness (QED) is 0.284. The molecule has 0 fully saturated rings. The largest absolute Gasteiger partial charge is 0.396 e. The van der Waals surface area contributed by atoms with Gasteiger partial charge >= 0.3 is 0 Å². The molecule has 0 aromatic rings. The predicted octanol–water partition coefficient (Wildman–Crippen LogP) is -0.872. The molecule has 6 nitrogen and oxygen atoms in total. The third kappa shape index (κ3) is 6.81. The van der Waals surface area contributed by atoms with Gasteiger partial charge in [0.15, 0.2) is 0 Å². The van der Waals surface area contributed by atoms with E-state index in [1.165, 1.54) is 13.3 Å². The van der Waals surface area contributed by atoms with E-state index in [0.717, 1.165) is 0 Å². The van der Waals surface area contributed by atoms with Crippen LogP contribution in [-0.2, 0) is 9.53 Å². The van der Waals surface area contributed by atoms with Crippen molar-refractivity contribution in [2.45, 2.75) is 6.42 Å². The van der Waals surface area contributed by atoms with Crippen molar-refractivity contribution in [2.75, 3.05) is 33.4 Å². The summed E-state index contributed by atoms with van der Waals surface area (Å²) in [5, 5.41) is 22.5. The van der Waals surface area contributed by atoms with E-state index in [2.05, 4.69) is 10.6 Å². The standard InChI is InChI=1S/C10H17N3O3/c1-16-6-4-13-10(15)9(7-11)8-12-3-2-5-14/h8,12,14H,2-6H2,1H3,(H,13,15)/b9-8-. The number of carbonyl (C=O) groups excluding carboxylic acids is 1. The summed E-state index contributed by atoms with van der Waals surface area (Å²) in [5.41, 5.74) is 0.00837. The molecule has 0 rings (SSSR count). The predicted molar refractivity (Wildman–Crippen MR) is 58.3 cm³/mol. The lowest BCUT2D eigenvalue weighted by Gasteiger charge is -2.03. The Morgan fingerprint density at radius 3 is 2.88 bits per heavy atom. The normalized spacial score (nSPS) is 10.7. The first kappa shape index (κ1) is 14.4. The second-order valence-electron chi connectivity index (χ2n) is 2.95. The number of aliphatic hydroxyl groups excluding tert-OH is 1. The van der Waals surface area contributed by atoms with Crippen LogP contribution in [-0.4, -0.2) is 44.4 Å². The zero-order valence-electron chi connectivity index (χ0n) is 9.32. The van der Waals surface area contributed by atoms with E-state index in [-0.39, 0.29) is 12.2 Å². The van der Waals surface area contributed by atoms with Gasteiger partial charge in [-0.2, -0.15) is 5.26 Å². The molecule has 6 heteroatoms. The third-order valence-electron chi connectivity index (χ3n) is 1.68. The van der Waals surface area contributed by atoms with Crippen LogP contribution >= 0.6 is 0 Å². The van der Waals surface area contributed by atoms with Gasteiger partial charge in [-0.1, -0.05) is 0 Å². The van der Waals surface area contributed by atoms with Crippen molar-refractivity contribution >= 4 is 5.91 Å². The Morgan fingerprint density at radius 2 is 2.31 bits per heavy atom. The maximum atomic E-state index is 11.4. The molecule has 0 bridgehead atoms. The molecule has 16 heavy (non-hydrogen) atoms. The number of rotatable bonds is 8. The van der Waals surface area contributed by atoms with Crippen LogP contribution in [0.3, 0.4) is 0 Å². The van der Waals surface area contributed by atoms with Crippen molar-refractivity contribution in [2.24, 2.45) is 0 Å². The highest BCUT2D eigenvalue weighted by Gasteiger charge is 2.06. The first-order valence-corrected chi connectivity index (χ1v) is 4.98. The van der Waals surface area contributed by atoms with Crippen LogP contribution in [0.2, 0.25) is 0 Å². The van der Waals surface area contributed by atoms with Crippen molar-refractivity contribution in [3.63, 3.8) is 0 Å². The van der Waals surface area contributed by atoms with Crippen LogP contribution in [0.4, 0.5) is 0 Å². The Labute approximate surface area is 94.9 Å². The minimum atomic E-state index is -0.434. The van der Waals surface area contributed by atoms with Gasteiger partial charge in [-0.15, -0.1) is 0 Å². The molecule has 3 N–H and O–H groups in total. The fourth-order valence-corrected chi connectivity index (χ4v) is 0.866. The molecule has 0 aliphatic heterocycles. The summed E-state index contributed by atoms with van der Waals surface area (Å²) < 4.78 is 4.76. The number of hydrogen-bond acceptors (Lipinski definition) is 5. The molecular formula is C10H17N3O3. The molecule has 0 unspecified atom stereocenters. The highest BCUT2D eigenvalue weighted by Crippen LogP contribution is 1.90. The molecule has 0 heterocycles. The van der Waals surface area contributed by atoms with Gasteiger partial charge in [0.1, 0.15) is 11.6 Å². The number of amides is 1. The van der Waals surface area contributed by atoms with Crippen LogP contribution in [0.15, 0.2) is 11.8 Å². The van der Waals surface area contributed by atoms with Crippen molar-refractivity contribution in [1.82, 2.24) is 10.6 Å². The molecule has 0 spiro atoms. The van der Waals surface area contributed by atoms with Gasteiger partial charge in [0.2, 0.25) is 0 Å². The number of carbonyl (C=O) groups is 1. The number of aliphatic hydroxyl groups is 1. The smallest absolute Gasteiger partial charge is 0.263 e. The van der Waals surface area contributed by atoms with E-state index < -0.39 is 5.91 Å². The molecule has 0 aromatic carbocycles. The molecule has 0 aliphatic carbocycles. The summed E-state index contributed by atoms with van der Waals surface area (Å²) in [5.74, 6) is -0.434. The highest BCUT2D eigenvalue weighted by atomic mass is 16.5. The zero-order chi connectivity index (χ0) is 12.2. The highest BCUT2D eigenvalue weighted by molar-refractivity contribution is 5.97. The Kier molecular flexibility index (Phi) is 8.97. The molecule has 0 atom stereocenters. The van der Waals surface area contributed by atoms with Gasteiger partial charge < -0.3 is 20.5 Å². The van der Waals surface area contributed by atoms with E-state index in [0.29, 0.717) is 26.1 Å². The molecule has 0 aromatic heterocycles. The average molecular weight is 227 g/mol. The Bertz CT molecular complexity index is 271. The molecule has 0 saturated carbocycles. The first-order valence-electron chi connectivity index (χ1n) is 4.98. The Balaban J connectivity index is 3.96. The monoisotopic (exact) mass is 227 g/mol. The third-order valence-corrected chi connectivity index (χ3v) is 1.68. The van der Waals surface area contributed by atoms with Gasteiger partial charge in [-0.05, 0) is 6.42 Å². The summed E-state index contributed by atoms with van der Waals surface area (Å²) in [6.07, 6.45) is 1.91. The number of nitrogens with one attached hydrogen (secondary N) is 2. The lowest BCUT2D eigenvalue weighted by atomic mass is 10.3. The molecule has 1 amide bonds. The van der Waals surface area contributed by atoms with E-state index in [9.17, 15) is 4.79 Å². The van der Waals surface area contributed by atoms with E-state index in [1.807, 2.05) is 0 Å². The molecule has 90 valence electrons. The van der Waals surface area contributed by atoms with Crippen molar-refractivity contribution in [3.8, 4) is 6.07 Å². The number of nitriles is 1. The summed E-state index contributed by atoms with van der Waals surface area (Å²) >= 11 is 0. The van der Waals surface area contributed by atoms with Crippen LogP contribution in [0.25, 0.3) is 0 Å². The Hall–Kier alpha value is -1.58. The lowest BCUT2D eigenvalue weighted by molar-refractivity contribution is -0.117. The van der Waals surface area contributed by atoms with Gasteiger partial charge in [-0.25, -0.2) is 0 Å². The topological polar surface area (TPSA) is 94.4 Å². The fraction of sp³-hybridized carbons (Fsp3) is 0.600. The zero-order valence-corrected chi connectivity index (χ0v) is 9.32. The van der Waals surface area contributed by atoms with Gasteiger partial charge in [-0.3, -0.25) is 4.79 Å². The lowest BCUT2D eigenvalue weighted by Crippen LogP contribution is -2.28. The van der Waals surface area contributed by atoms with Crippen molar-refractivity contribution in [1.29, 1.82) is 5.26 Å². The molecule has 0 radical (unpaired) electrons. The van der Waals surface area contributed by atoms with Crippen LogP contribution < -0.4 is 10.6 Å². The fourth-order valence-electron chi connectivity index (χ4n) is 0.866. The van der Waals surface area contributed by atoms with Gasteiger partial charge in [0.25, 0.3) is 5.91 Å². The summed E-state index contributed by atoms with van der Waals surface area (Å²) in [4.78, 5) is 11.4. The SMILES string of the molecule is COCCNC(=O)/C(C#N)=C\NCCCO. The number of nitrogens with zero attached hydrogens (tertiary/aromatic N) is 1. The minimum absolute atomic E-state index is 0.00837. The summed E-state index contributed by atoms with van der Waals surface area (Å²) in [6, 6.07) is 1.79. The average Bonchev–Trinajstić information content (AvgIpc) is 2.29.